The Labute approximate surface area is 157 Å². The molecule has 3 nitrogen and oxygen atoms in total. The summed E-state index contributed by atoms with van der Waals surface area (Å²) in [4.78, 5) is 15.2. The van der Waals surface area contributed by atoms with Crippen molar-refractivity contribution in [1.29, 1.82) is 0 Å². The third-order valence-electron chi connectivity index (χ3n) is 5.39. The zero-order valence-corrected chi connectivity index (χ0v) is 16.0. The molecule has 2 aromatic carbocycles. The van der Waals surface area contributed by atoms with E-state index in [1.54, 1.807) is 0 Å². The third kappa shape index (κ3) is 4.73. The summed E-state index contributed by atoms with van der Waals surface area (Å²) in [6.45, 7) is 6.97. The predicted molar refractivity (Wildman–Crippen MR) is 107 cm³/mol. The van der Waals surface area contributed by atoms with Gasteiger partial charge in [-0.05, 0) is 57.0 Å². The van der Waals surface area contributed by atoms with E-state index in [4.69, 9.17) is 0 Å². The van der Waals surface area contributed by atoms with Gasteiger partial charge in [-0.15, -0.1) is 0 Å². The van der Waals surface area contributed by atoms with Crippen molar-refractivity contribution in [2.45, 2.75) is 45.6 Å². The Bertz CT molecular complexity index is 715. The van der Waals surface area contributed by atoms with E-state index in [1.165, 1.54) is 36.8 Å². The highest BCUT2D eigenvalue weighted by Crippen LogP contribution is 2.24. The molecule has 2 aromatic rings. The summed E-state index contributed by atoms with van der Waals surface area (Å²) in [7, 11) is 0. The molecule has 0 aromatic heterocycles. The van der Waals surface area contributed by atoms with Gasteiger partial charge in [0.2, 0.25) is 0 Å². The second-order valence-electron chi connectivity index (χ2n) is 7.40. The molecule has 0 radical (unpaired) electrons. The fraction of sp³-hybridized carbons (Fsp3) is 0.435. The molecule has 1 saturated heterocycles. The maximum absolute atomic E-state index is 12.7. The second kappa shape index (κ2) is 9.00. The summed E-state index contributed by atoms with van der Waals surface area (Å²) in [5.74, 6) is 0.0232. The van der Waals surface area contributed by atoms with Crippen molar-refractivity contribution < 1.29 is 4.79 Å². The minimum Gasteiger partial charge on any atom is -0.350 e. The minimum atomic E-state index is 0.0232. The highest BCUT2D eigenvalue weighted by molar-refractivity contribution is 5.95. The molecule has 3 rings (SSSR count). The number of carbonyl (C=O) groups excluding carboxylic acids is 1. The van der Waals surface area contributed by atoms with Crippen molar-refractivity contribution in [3.05, 3.63) is 70.8 Å². The Kier molecular flexibility index (Phi) is 6.45. The summed E-state index contributed by atoms with van der Waals surface area (Å²) in [6, 6.07) is 16.8. The van der Waals surface area contributed by atoms with E-state index in [1.807, 2.05) is 31.2 Å². The summed E-state index contributed by atoms with van der Waals surface area (Å²) in [5.41, 5.74) is 4.35. The number of benzene rings is 2. The lowest BCUT2D eigenvalue weighted by Gasteiger charge is -2.31. The molecule has 0 saturated carbocycles. The molecule has 3 heteroatoms. The highest BCUT2D eigenvalue weighted by atomic mass is 16.1. The van der Waals surface area contributed by atoms with Crippen LogP contribution >= 0.6 is 0 Å². The fourth-order valence-electron chi connectivity index (χ4n) is 3.77. The minimum absolute atomic E-state index is 0.0232. The van der Waals surface area contributed by atoms with Gasteiger partial charge in [0, 0.05) is 12.1 Å². The molecule has 138 valence electrons. The van der Waals surface area contributed by atoms with Gasteiger partial charge in [-0.3, -0.25) is 9.69 Å². The number of likely N-dealkylation sites (tertiary alicyclic amines) is 1. The van der Waals surface area contributed by atoms with Crippen molar-refractivity contribution in [2.75, 3.05) is 19.6 Å². The summed E-state index contributed by atoms with van der Waals surface area (Å²) >= 11 is 0. The molecule has 1 heterocycles. The van der Waals surface area contributed by atoms with Crippen molar-refractivity contribution in [2.24, 2.45) is 0 Å². The highest BCUT2D eigenvalue weighted by Gasteiger charge is 2.22. The van der Waals surface area contributed by atoms with Gasteiger partial charge in [0.05, 0.1) is 6.04 Å². The molecule has 1 aliphatic rings. The first-order chi connectivity index (χ1) is 12.6. The smallest absolute Gasteiger partial charge is 0.251 e. The predicted octanol–water partition coefficient (Wildman–Crippen LogP) is 4.65. The standard InChI is InChI=1S/C23H30N2O/c1-18-11-13-20(14-12-18)22(25-15-7-3-4-8-16-25)17-24-23(26)21-10-6-5-9-19(21)2/h5-6,9-14,22H,3-4,7-8,15-17H2,1-2H3,(H,24,26)/t22-/m1/s1. The summed E-state index contributed by atoms with van der Waals surface area (Å²) in [6.07, 6.45) is 5.11. The van der Waals surface area contributed by atoms with E-state index in [0.717, 1.165) is 24.2 Å². The number of hydrogen-bond donors (Lipinski definition) is 1. The van der Waals surface area contributed by atoms with Crippen LogP contribution in [0.1, 0.15) is 58.8 Å². The molecule has 1 amide bonds. The summed E-state index contributed by atoms with van der Waals surface area (Å²) < 4.78 is 0. The number of carbonyl (C=O) groups is 1. The maximum atomic E-state index is 12.7. The SMILES string of the molecule is Cc1ccc([C@@H](CNC(=O)c2ccccc2C)N2CCCCCC2)cc1. The van der Waals surface area contributed by atoms with Gasteiger partial charge in [0.25, 0.3) is 5.91 Å². The van der Waals surface area contributed by atoms with Gasteiger partial charge in [-0.25, -0.2) is 0 Å². The topological polar surface area (TPSA) is 32.3 Å². The number of aryl methyl sites for hydroxylation is 2. The van der Waals surface area contributed by atoms with Gasteiger partial charge >= 0.3 is 0 Å². The first-order valence-corrected chi connectivity index (χ1v) is 9.79. The number of rotatable bonds is 5. The van der Waals surface area contributed by atoms with Crippen LogP contribution < -0.4 is 5.32 Å². The number of nitrogens with zero attached hydrogens (tertiary/aromatic N) is 1. The van der Waals surface area contributed by atoms with Crippen LogP contribution in [0.25, 0.3) is 0 Å². The Balaban J connectivity index is 1.75. The zero-order chi connectivity index (χ0) is 18.4. The monoisotopic (exact) mass is 350 g/mol. The van der Waals surface area contributed by atoms with Crippen LogP contribution in [-0.2, 0) is 0 Å². The Morgan fingerprint density at radius 3 is 2.27 bits per heavy atom. The number of nitrogens with one attached hydrogen (secondary N) is 1. The zero-order valence-electron chi connectivity index (χ0n) is 16.0. The van der Waals surface area contributed by atoms with Gasteiger partial charge in [0.15, 0.2) is 0 Å². The van der Waals surface area contributed by atoms with Crippen LogP contribution in [-0.4, -0.2) is 30.4 Å². The third-order valence-corrected chi connectivity index (χ3v) is 5.39. The first kappa shape index (κ1) is 18.7. The van der Waals surface area contributed by atoms with E-state index in [2.05, 4.69) is 41.4 Å². The van der Waals surface area contributed by atoms with Crippen LogP contribution in [0.3, 0.4) is 0 Å². The Morgan fingerprint density at radius 1 is 0.962 bits per heavy atom. The molecule has 0 spiro atoms. The molecule has 0 bridgehead atoms. The van der Waals surface area contributed by atoms with Crippen molar-refractivity contribution in [3.63, 3.8) is 0 Å². The van der Waals surface area contributed by atoms with Crippen LogP contribution in [0.15, 0.2) is 48.5 Å². The molecular weight excluding hydrogens is 320 g/mol. The lowest BCUT2D eigenvalue weighted by Crippen LogP contribution is -2.38. The van der Waals surface area contributed by atoms with Crippen LogP contribution in [0.4, 0.5) is 0 Å². The van der Waals surface area contributed by atoms with Gasteiger partial charge in [-0.2, -0.15) is 0 Å². The van der Waals surface area contributed by atoms with Crippen LogP contribution in [0.5, 0.6) is 0 Å². The molecule has 0 aliphatic carbocycles. The Morgan fingerprint density at radius 2 is 1.62 bits per heavy atom. The lowest BCUT2D eigenvalue weighted by atomic mass is 10.0. The molecule has 1 fully saturated rings. The second-order valence-corrected chi connectivity index (χ2v) is 7.40. The van der Waals surface area contributed by atoms with E-state index < -0.39 is 0 Å². The van der Waals surface area contributed by atoms with Crippen LogP contribution in [0.2, 0.25) is 0 Å². The van der Waals surface area contributed by atoms with Gasteiger partial charge < -0.3 is 5.32 Å². The molecule has 1 N–H and O–H groups in total. The van der Waals surface area contributed by atoms with E-state index in [0.29, 0.717) is 6.54 Å². The van der Waals surface area contributed by atoms with Gasteiger partial charge in [-0.1, -0.05) is 60.9 Å². The normalized spacial score (nSPS) is 16.7. The fourth-order valence-corrected chi connectivity index (χ4v) is 3.77. The van der Waals surface area contributed by atoms with Crippen molar-refractivity contribution >= 4 is 5.91 Å². The molecule has 26 heavy (non-hydrogen) atoms. The first-order valence-electron chi connectivity index (χ1n) is 9.79. The van der Waals surface area contributed by atoms with Gasteiger partial charge in [0.1, 0.15) is 0 Å². The maximum Gasteiger partial charge on any atom is 0.251 e. The lowest BCUT2D eigenvalue weighted by molar-refractivity contribution is 0.0932. The number of amides is 1. The largest absolute Gasteiger partial charge is 0.350 e. The quantitative estimate of drug-likeness (QED) is 0.851. The average molecular weight is 351 g/mol. The van der Waals surface area contributed by atoms with E-state index in [-0.39, 0.29) is 11.9 Å². The molecule has 1 atom stereocenters. The van der Waals surface area contributed by atoms with Crippen LogP contribution in [0, 0.1) is 13.8 Å². The van der Waals surface area contributed by atoms with Crippen molar-refractivity contribution in [3.8, 4) is 0 Å². The molecular formula is C23H30N2O. The molecule has 1 aliphatic heterocycles. The van der Waals surface area contributed by atoms with E-state index in [9.17, 15) is 4.79 Å². The number of hydrogen-bond acceptors (Lipinski definition) is 2. The summed E-state index contributed by atoms with van der Waals surface area (Å²) in [5, 5.41) is 3.19. The Hall–Kier alpha value is -2.13. The molecule has 0 unspecified atom stereocenters. The van der Waals surface area contributed by atoms with E-state index >= 15 is 0 Å². The average Bonchev–Trinajstić information content (AvgIpc) is 2.93. The van der Waals surface area contributed by atoms with Crippen molar-refractivity contribution in [1.82, 2.24) is 10.2 Å².